The summed E-state index contributed by atoms with van der Waals surface area (Å²) in [6.45, 7) is 6.76. The summed E-state index contributed by atoms with van der Waals surface area (Å²) in [7, 11) is 0. The highest BCUT2D eigenvalue weighted by Crippen LogP contribution is 2.40. The number of ether oxygens (including phenoxy) is 1. The lowest BCUT2D eigenvalue weighted by atomic mass is 9.83. The molecule has 1 amide bonds. The Balaban J connectivity index is 0.00000264. The van der Waals surface area contributed by atoms with Gasteiger partial charge in [0.05, 0.1) is 0 Å². The van der Waals surface area contributed by atoms with E-state index in [0.29, 0.717) is 11.8 Å². The average molecular weight is 347 g/mol. The molecule has 23 heavy (non-hydrogen) atoms. The van der Waals surface area contributed by atoms with E-state index in [4.69, 9.17) is 4.74 Å². The molecule has 1 aliphatic heterocycles. The second kappa shape index (κ2) is 11.3. The van der Waals surface area contributed by atoms with Gasteiger partial charge < -0.3 is 15.4 Å². The van der Waals surface area contributed by atoms with Crippen molar-refractivity contribution in [3.05, 3.63) is 0 Å². The first-order valence-electron chi connectivity index (χ1n) is 9.29. The summed E-state index contributed by atoms with van der Waals surface area (Å²) in [5, 5.41) is 6.60. The van der Waals surface area contributed by atoms with Crippen LogP contribution in [-0.2, 0) is 9.53 Å². The van der Waals surface area contributed by atoms with E-state index in [9.17, 15) is 4.79 Å². The van der Waals surface area contributed by atoms with E-state index in [1.165, 1.54) is 38.5 Å². The first-order valence-corrected chi connectivity index (χ1v) is 9.29. The number of nitrogens with one attached hydrogen (secondary N) is 2. The Bertz CT molecular complexity index is 327. The molecule has 2 N–H and O–H groups in total. The van der Waals surface area contributed by atoms with Crippen LogP contribution >= 0.6 is 12.4 Å². The van der Waals surface area contributed by atoms with E-state index in [2.05, 4.69) is 10.6 Å². The summed E-state index contributed by atoms with van der Waals surface area (Å²) in [5.74, 6) is 0.992. The number of halogens is 1. The molecular formula is C18H35ClN2O2. The number of hydrogen-bond acceptors (Lipinski definition) is 3. The van der Waals surface area contributed by atoms with Gasteiger partial charge in [-0.15, -0.1) is 12.4 Å². The van der Waals surface area contributed by atoms with Crippen LogP contribution in [0.5, 0.6) is 0 Å². The summed E-state index contributed by atoms with van der Waals surface area (Å²) in [6, 6.07) is 0. The van der Waals surface area contributed by atoms with Gasteiger partial charge in [0.1, 0.15) is 0 Å². The van der Waals surface area contributed by atoms with Crippen LogP contribution in [0.15, 0.2) is 0 Å². The minimum atomic E-state index is 0. The van der Waals surface area contributed by atoms with E-state index in [1.807, 2.05) is 6.92 Å². The third-order valence-electron chi connectivity index (χ3n) is 5.54. The Labute approximate surface area is 147 Å². The Kier molecular flexibility index (Phi) is 10.2. The maximum atomic E-state index is 12.2. The Morgan fingerprint density at radius 3 is 2.61 bits per heavy atom. The molecule has 0 bridgehead atoms. The van der Waals surface area contributed by atoms with Crippen molar-refractivity contribution in [3.8, 4) is 0 Å². The van der Waals surface area contributed by atoms with Crippen LogP contribution in [0, 0.1) is 11.3 Å². The van der Waals surface area contributed by atoms with Gasteiger partial charge in [-0.25, -0.2) is 0 Å². The van der Waals surface area contributed by atoms with Crippen LogP contribution in [-0.4, -0.2) is 38.8 Å². The molecule has 1 saturated carbocycles. The van der Waals surface area contributed by atoms with Crippen molar-refractivity contribution in [1.82, 2.24) is 10.6 Å². The molecule has 136 valence electrons. The third kappa shape index (κ3) is 7.40. The fourth-order valence-corrected chi connectivity index (χ4v) is 3.95. The zero-order chi connectivity index (χ0) is 15.7. The van der Waals surface area contributed by atoms with Crippen LogP contribution in [0.3, 0.4) is 0 Å². The Morgan fingerprint density at radius 2 is 1.96 bits per heavy atom. The number of hydrogen-bond donors (Lipinski definition) is 2. The van der Waals surface area contributed by atoms with Gasteiger partial charge in [0.25, 0.3) is 0 Å². The van der Waals surface area contributed by atoms with Crippen LogP contribution in [0.25, 0.3) is 0 Å². The quantitative estimate of drug-likeness (QED) is 0.630. The molecule has 0 aromatic rings. The number of carbonyl (C=O) groups is 1. The molecule has 0 radical (unpaired) electrons. The highest BCUT2D eigenvalue weighted by atomic mass is 35.5. The molecule has 2 aliphatic rings. The summed E-state index contributed by atoms with van der Waals surface area (Å²) in [5.41, 5.74) is 0.305. The maximum Gasteiger partial charge on any atom is 0.220 e. The summed E-state index contributed by atoms with van der Waals surface area (Å²) in [6.07, 6.45) is 10.4. The van der Waals surface area contributed by atoms with E-state index in [0.717, 1.165) is 51.6 Å². The number of rotatable bonds is 9. The number of carbonyl (C=O) groups excluding carboxylic acids is 1. The highest BCUT2D eigenvalue weighted by molar-refractivity contribution is 5.85. The molecule has 2 rings (SSSR count). The van der Waals surface area contributed by atoms with Gasteiger partial charge in [-0.05, 0) is 69.9 Å². The Morgan fingerprint density at radius 1 is 1.26 bits per heavy atom. The average Bonchev–Trinajstić information content (AvgIpc) is 3.01. The number of amides is 1. The summed E-state index contributed by atoms with van der Waals surface area (Å²) >= 11 is 0. The maximum absolute atomic E-state index is 12.2. The first-order chi connectivity index (χ1) is 10.7. The summed E-state index contributed by atoms with van der Waals surface area (Å²) < 4.78 is 5.54. The predicted molar refractivity (Wildman–Crippen MR) is 97.1 cm³/mol. The van der Waals surface area contributed by atoms with Crippen molar-refractivity contribution in [2.24, 2.45) is 11.3 Å². The van der Waals surface area contributed by atoms with Crippen molar-refractivity contribution in [2.45, 2.75) is 64.7 Å². The number of piperidine rings is 1. The van der Waals surface area contributed by atoms with Gasteiger partial charge >= 0.3 is 0 Å². The molecule has 5 heteroatoms. The lowest BCUT2D eigenvalue weighted by molar-refractivity contribution is -0.122. The zero-order valence-corrected chi connectivity index (χ0v) is 15.5. The van der Waals surface area contributed by atoms with Crippen LogP contribution in [0.2, 0.25) is 0 Å². The lowest BCUT2D eigenvalue weighted by Gasteiger charge is -2.29. The molecule has 2 fully saturated rings. The normalized spacial score (nSPS) is 20.9. The molecule has 0 aromatic heterocycles. The van der Waals surface area contributed by atoms with Crippen molar-refractivity contribution >= 4 is 18.3 Å². The van der Waals surface area contributed by atoms with Crippen molar-refractivity contribution < 1.29 is 9.53 Å². The molecule has 4 nitrogen and oxygen atoms in total. The van der Waals surface area contributed by atoms with Gasteiger partial charge in [-0.1, -0.05) is 12.8 Å². The molecule has 1 aliphatic carbocycles. The molecule has 1 saturated heterocycles. The molecule has 0 unspecified atom stereocenters. The van der Waals surface area contributed by atoms with E-state index in [1.54, 1.807) is 0 Å². The molecular weight excluding hydrogens is 312 g/mol. The lowest BCUT2D eigenvalue weighted by Crippen LogP contribution is -2.37. The van der Waals surface area contributed by atoms with Crippen molar-refractivity contribution in [1.29, 1.82) is 0 Å². The van der Waals surface area contributed by atoms with Crippen molar-refractivity contribution in [2.75, 3.05) is 32.8 Å². The standard InChI is InChI=1S/C18H34N2O2.ClH/c1-2-22-14-11-18(9-3-4-10-18)15-20-17(21)6-5-16-7-12-19-13-8-16;/h16,19H,2-15H2,1H3,(H,20,21);1H. The minimum absolute atomic E-state index is 0. The van der Waals surface area contributed by atoms with Crippen LogP contribution in [0.1, 0.15) is 64.7 Å². The van der Waals surface area contributed by atoms with Gasteiger partial charge in [0.15, 0.2) is 0 Å². The summed E-state index contributed by atoms with van der Waals surface area (Å²) in [4.78, 5) is 12.2. The zero-order valence-electron chi connectivity index (χ0n) is 14.7. The van der Waals surface area contributed by atoms with Gasteiger partial charge in [0, 0.05) is 26.2 Å². The first kappa shape index (κ1) is 20.7. The van der Waals surface area contributed by atoms with Gasteiger partial charge in [0.2, 0.25) is 5.91 Å². The van der Waals surface area contributed by atoms with Gasteiger partial charge in [-0.2, -0.15) is 0 Å². The third-order valence-corrected chi connectivity index (χ3v) is 5.54. The predicted octanol–water partition coefficient (Wildman–Crippen LogP) is 3.29. The second-order valence-corrected chi connectivity index (χ2v) is 7.16. The highest BCUT2D eigenvalue weighted by Gasteiger charge is 2.33. The Hall–Kier alpha value is -0.320. The molecule has 0 atom stereocenters. The van der Waals surface area contributed by atoms with Crippen LogP contribution < -0.4 is 10.6 Å². The monoisotopic (exact) mass is 346 g/mol. The molecule has 1 heterocycles. The topological polar surface area (TPSA) is 50.4 Å². The van der Waals surface area contributed by atoms with E-state index < -0.39 is 0 Å². The van der Waals surface area contributed by atoms with Gasteiger partial charge in [-0.3, -0.25) is 4.79 Å². The molecule has 0 spiro atoms. The fourth-order valence-electron chi connectivity index (χ4n) is 3.95. The SMILES string of the molecule is CCOCCC1(CNC(=O)CCC2CCNCC2)CCCC1.Cl. The van der Waals surface area contributed by atoms with E-state index in [-0.39, 0.29) is 18.3 Å². The fraction of sp³-hybridized carbons (Fsp3) is 0.944. The minimum Gasteiger partial charge on any atom is -0.382 e. The molecule has 0 aromatic carbocycles. The smallest absolute Gasteiger partial charge is 0.220 e. The second-order valence-electron chi connectivity index (χ2n) is 7.16. The van der Waals surface area contributed by atoms with Crippen molar-refractivity contribution in [3.63, 3.8) is 0 Å². The van der Waals surface area contributed by atoms with Crippen LogP contribution in [0.4, 0.5) is 0 Å². The largest absolute Gasteiger partial charge is 0.382 e. The van der Waals surface area contributed by atoms with E-state index >= 15 is 0 Å².